The Kier molecular flexibility index (Phi) is 5.97. The van der Waals surface area contributed by atoms with Crippen molar-refractivity contribution in [2.24, 2.45) is 0 Å². The number of benzene rings is 2. The van der Waals surface area contributed by atoms with Gasteiger partial charge in [0.15, 0.2) is 24.8 Å². The molecule has 3 aromatic rings. The first-order chi connectivity index (χ1) is 13.0. The second-order valence-electron chi connectivity index (χ2n) is 5.45. The van der Waals surface area contributed by atoms with E-state index in [9.17, 15) is 14.0 Å². The Bertz CT molecular complexity index is 991. The Labute approximate surface area is 162 Å². The van der Waals surface area contributed by atoms with Gasteiger partial charge in [-0.05, 0) is 42.5 Å². The van der Waals surface area contributed by atoms with Crippen LogP contribution in [0.3, 0.4) is 0 Å². The van der Waals surface area contributed by atoms with Crippen molar-refractivity contribution >= 4 is 44.4 Å². The Hall–Kier alpha value is -3.00. The fourth-order valence-electron chi connectivity index (χ4n) is 2.32. The number of anilines is 1. The van der Waals surface area contributed by atoms with Crippen LogP contribution in [-0.2, 0) is 14.3 Å². The highest BCUT2D eigenvalue weighted by atomic mass is 79.9. The summed E-state index contributed by atoms with van der Waals surface area (Å²) >= 11 is 3.12. The van der Waals surface area contributed by atoms with Crippen molar-refractivity contribution in [3.05, 3.63) is 65.0 Å². The molecule has 0 aliphatic rings. The lowest BCUT2D eigenvalue weighted by atomic mass is 10.2. The molecule has 0 saturated carbocycles. The number of fused-ring (bicyclic) bond motifs is 1. The third-order valence-corrected chi connectivity index (χ3v) is 4.02. The van der Waals surface area contributed by atoms with Crippen molar-refractivity contribution < 1.29 is 23.5 Å². The van der Waals surface area contributed by atoms with Crippen molar-refractivity contribution in [1.29, 1.82) is 0 Å². The van der Waals surface area contributed by atoms with Gasteiger partial charge in [-0.1, -0.05) is 22.0 Å². The molecule has 2 aromatic carbocycles. The standard InChI is InChI=1S/C19H14BrFN2O4/c20-12-6-7-17(14(21)9-12)26-11-19(25)27-10-18(24)23-16-5-1-4-15-13(16)3-2-8-22-15/h1-9H,10-11H2,(H,23,24). The zero-order valence-corrected chi connectivity index (χ0v) is 15.5. The van der Waals surface area contributed by atoms with Gasteiger partial charge in [-0.15, -0.1) is 0 Å². The molecule has 0 atom stereocenters. The molecule has 0 radical (unpaired) electrons. The van der Waals surface area contributed by atoms with Gasteiger partial charge in [0.1, 0.15) is 0 Å². The molecule has 138 valence electrons. The average Bonchev–Trinajstić information content (AvgIpc) is 2.66. The molecule has 6 nitrogen and oxygen atoms in total. The largest absolute Gasteiger partial charge is 0.479 e. The molecular weight excluding hydrogens is 419 g/mol. The molecule has 1 heterocycles. The Morgan fingerprint density at radius 1 is 1.11 bits per heavy atom. The van der Waals surface area contributed by atoms with E-state index in [2.05, 4.69) is 26.2 Å². The molecule has 1 N–H and O–H groups in total. The summed E-state index contributed by atoms with van der Waals surface area (Å²) in [4.78, 5) is 27.9. The maximum atomic E-state index is 13.6. The number of halogens is 2. The second kappa shape index (κ2) is 8.59. The number of hydrogen-bond donors (Lipinski definition) is 1. The summed E-state index contributed by atoms with van der Waals surface area (Å²) in [5.74, 6) is -1.98. The summed E-state index contributed by atoms with van der Waals surface area (Å²) in [5.41, 5.74) is 1.30. The van der Waals surface area contributed by atoms with Crippen LogP contribution in [-0.4, -0.2) is 30.1 Å². The van der Waals surface area contributed by atoms with Crippen LogP contribution in [0.5, 0.6) is 5.75 Å². The first kappa shape index (κ1) is 18.8. The highest BCUT2D eigenvalue weighted by Crippen LogP contribution is 2.22. The van der Waals surface area contributed by atoms with Crippen molar-refractivity contribution in [3.8, 4) is 5.75 Å². The van der Waals surface area contributed by atoms with Crippen LogP contribution >= 0.6 is 15.9 Å². The smallest absolute Gasteiger partial charge is 0.344 e. The van der Waals surface area contributed by atoms with E-state index in [0.29, 0.717) is 10.2 Å². The van der Waals surface area contributed by atoms with Crippen LogP contribution in [0.2, 0.25) is 0 Å². The minimum atomic E-state index is -0.785. The van der Waals surface area contributed by atoms with E-state index in [1.807, 2.05) is 12.1 Å². The van der Waals surface area contributed by atoms with Gasteiger partial charge in [-0.2, -0.15) is 0 Å². The van der Waals surface area contributed by atoms with Crippen LogP contribution in [0, 0.1) is 5.82 Å². The number of pyridine rings is 1. The van der Waals surface area contributed by atoms with E-state index in [1.54, 1.807) is 30.5 Å². The molecule has 0 saturated heterocycles. The fraction of sp³-hybridized carbons (Fsp3) is 0.105. The molecule has 1 aromatic heterocycles. The van der Waals surface area contributed by atoms with Gasteiger partial charge in [0, 0.05) is 16.1 Å². The summed E-state index contributed by atoms with van der Waals surface area (Å²) in [6.07, 6.45) is 1.66. The molecule has 0 aliphatic carbocycles. The number of ether oxygens (including phenoxy) is 2. The second-order valence-corrected chi connectivity index (χ2v) is 6.36. The van der Waals surface area contributed by atoms with Crippen molar-refractivity contribution in [1.82, 2.24) is 4.98 Å². The number of carbonyl (C=O) groups excluding carboxylic acids is 2. The minimum absolute atomic E-state index is 0.0807. The number of rotatable bonds is 6. The van der Waals surface area contributed by atoms with Crippen LogP contribution in [0.1, 0.15) is 0 Å². The fourth-order valence-corrected chi connectivity index (χ4v) is 2.65. The van der Waals surface area contributed by atoms with Gasteiger partial charge in [0.25, 0.3) is 5.91 Å². The number of aromatic nitrogens is 1. The van der Waals surface area contributed by atoms with Gasteiger partial charge in [-0.25, -0.2) is 9.18 Å². The van der Waals surface area contributed by atoms with E-state index < -0.39 is 30.9 Å². The van der Waals surface area contributed by atoms with E-state index in [1.165, 1.54) is 12.1 Å². The minimum Gasteiger partial charge on any atom is -0.479 e. The third-order valence-electron chi connectivity index (χ3n) is 3.52. The van der Waals surface area contributed by atoms with Gasteiger partial charge >= 0.3 is 5.97 Å². The predicted molar refractivity (Wildman–Crippen MR) is 101 cm³/mol. The van der Waals surface area contributed by atoms with Gasteiger partial charge < -0.3 is 14.8 Å². The molecule has 3 rings (SSSR count). The molecule has 0 unspecified atom stereocenters. The molecule has 0 spiro atoms. The summed E-state index contributed by atoms with van der Waals surface area (Å²) in [6, 6.07) is 13.1. The monoisotopic (exact) mass is 432 g/mol. The SMILES string of the molecule is O=C(COC(=O)COc1ccc(Br)cc1F)Nc1cccc2ncccc12. The van der Waals surface area contributed by atoms with Crippen molar-refractivity contribution in [2.45, 2.75) is 0 Å². The van der Waals surface area contributed by atoms with E-state index in [4.69, 9.17) is 9.47 Å². The number of esters is 1. The average molecular weight is 433 g/mol. The summed E-state index contributed by atoms with van der Waals surface area (Å²) in [5, 5.41) is 3.44. The number of carbonyl (C=O) groups is 2. The molecular formula is C19H14BrFN2O4. The number of nitrogens with one attached hydrogen (secondary N) is 1. The predicted octanol–water partition coefficient (Wildman–Crippen LogP) is 3.70. The maximum absolute atomic E-state index is 13.6. The van der Waals surface area contributed by atoms with Crippen LogP contribution < -0.4 is 10.1 Å². The first-order valence-electron chi connectivity index (χ1n) is 7.90. The lowest BCUT2D eigenvalue weighted by molar-refractivity contribution is -0.149. The quantitative estimate of drug-likeness (QED) is 0.600. The lowest BCUT2D eigenvalue weighted by Crippen LogP contribution is -2.23. The van der Waals surface area contributed by atoms with Crippen LogP contribution in [0.15, 0.2) is 59.2 Å². The van der Waals surface area contributed by atoms with Gasteiger partial charge in [-0.3, -0.25) is 9.78 Å². The highest BCUT2D eigenvalue weighted by Gasteiger charge is 2.12. The van der Waals surface area contributed by atoms with Gasteiger partial charge in [0.2, 0.25) is 0 Å². The zero-order chi connectivity index (χ0) is 19.2. The van der Waals surface area contributed by atoms with Crippen molar-refractivity contribution in [2.75, 3.05) is 18.5 Å². The maximum Gasteiger partial charge on any atom is 0.344 e. The van der Waals surface area contributed by atoms with Crippen molar-refractivity contribution in [3.63, 3.8) is 0 Å². The Morgan fingerprint density at radius 2 is 1.96 bits per heavy atom. The first-order valence-corrected chi connectivity index (χ1v) is 8.69. The summed E-state index contributed by atoms with van der Waals surface area (Å²) in [6.45, 7) is -0.994. The third kappa shape index (κ3) is 5.01. The molecule has 0 bridgehead atoms. The molecule has 0 fully saturated rings. The molecule has 1 amide bonds. The summed E-state index contributed by atoms with van der Waals surface area (Å²) in [7, 11) is 0. The Morgan fingerprint density at radius 3 is 2.78 bits per heavy atom. The van der Waals surface area contributed by atoms with E-state index >= 15 is 0 Å². The normalized spacial score (nSPS) is 10.4. The zero-order valence-electron chi connectivity index (χ0n) is 13.9. The Balaban J connectivity index is 1.50. The van der Waals surface area contributed by atoms with E-state index in [0.717, 1.165) is 10.9 Å². The molecule has 8 heteroatoms. The number of hydrogen-bond acceptors (Lipinski definition) is 5. The van der Waals surface area contributed by atoms with Crippen LogP contribution in [0.4, 0.5) is 10.1 Å². The topological polar surface area (TPSA) is 77.5 Å². The number of nitrogens with zero attached hydrogens (tertiary/aromatic N) is 1. The van der Waals surface area contributed by atoms with Gasteiger partial charge in [0.05, 0.1) is 11.2 Å². The summed E-state index contributed by atoms with van der Waals surface area (Å²) < 4.78 is 24.1. The van der Waals surface area contributed by atoms with E-state index in [-0.39, 0.29) is 5.75 Å². The molecule has 0 aliphatic heterocycles. The van der Waals surface area contributed by atoms with Crippen LogP contribution in [0.25, 0.3) is 10.9 Å². The highest BCUT2D eigenvalue weighted by molar-refractivity contribution is 9.10. The molecule has 27 heavy (non-hydrogen) atoms. The lowest BCUT2D eigenvalue weighted by Gasteiger charge is -2.10. The number of amides is 1.